The summed E-state index contributed by atoms with van der Waals surface area (Å²) in [4.78, 5) is 11.5. The van der Waals surface area contributed by atoms with Crippen LogP contribution in [0.2, 0.25) is 0 Å². The number of carbonyl (C=O) groups is 1. The van der Waals surface area contributed by atoms with Gasteiger partial charge >= 0.3 is 5.97 Å². The number of sulfonamides is 1. The van der Waals surface area contributed by atoms with Crippen molar-refractivity contribution in [2.24, 2.45) is 0 Å². The van der Waals surface area contributed by atoms with Crippen molar-refractivity contribution in [2.75, 3.05) is 19.8 Å². The summed E-state index contributed by atoms with van der Waals surface area (Å²) in [6, 6.07) is 13.6. The maximum Gasteiger partial charge on any atom is 0.344 e. The van der Waals surface area contributed by atoms with Gasteiger partial charge in [0.1, 0.15) is 5.75 Å². The van der Waals surface area contributed by atoms with Gasteiger partial charge in [0, 0.05) is 11.0 Å². The van der Waals surface area contributed by atoms with Crippen LogP contribution in [0.15, 0.2) is 57.9 Å². The van der Waals surface area contributed by atoms with Crippen LogP contribution in [0.25, 0.3) is 0 Å². The molecule has 0 heterocycles. The van der Waals surface area contributed by atoms with Crippen molar-refractivity contribution in [1.29, 1.82) is 0 Å². The molecule has 1 N–H and O–H groups in total. The second kappa shape index (κ2) is 9.70. The highest BCUT2D eigenvalue weighted by Gasteiger charge is 2.13. The standard InChI is InChI=1S/C18H20BrNO5S/c1-2-24-18(21)13-25-16-5-3-4-14(12-16)10-11-20-26(22,23)17-8-6-15(19)7-9-17/h3-9,12,20H,2,10-11,13H2,1H3. The highest BCUT2D eigenvalue weighted by atomic mass is 79.9. The first-order valence-electron chi connectivity index (χ1n) is 8.03. The fraction of sp³-hybridized carbons (Fsp3) is 0.278. The zero-order valence-electron chi connectivity index (χ0n) is 14.3. The molecule has 2 aromatic rings. The van der Waals surface area contributed by atoms with E-state index in [1.165, 1.54) is 12.1 Å². The number of benzene rings is 2. The number of ether oxygens (including phenoxy) is 2. The Labute approximate surface area is 161 Å². The van der Waals surface area contributed by atoms with Crippen molar-refractivity contribution in [3.05, 3.63) is 58.6 Å². The van der Waals surface area contributed by atoms with Crippen LogP contribution in [0.3, 0.4) is 0 Å². The number of hydrogen-bond donors (Lipinski definition) is 1. The lowest BCUT2D eigenvalue weighted by molar-refractivity contribution is -0.145. The van der Waals surface area contributed by atoms with E-state index in [4.69, 9.17) is 9.47 Å². The second-order valence-electron chi connectivity index (χ2n) is 5.34. The number of esters is 1. The molecule has 0 aromatic heterocycles. The summed E-state index contributed by atoms with van der Waals surface area (Å²) in [7, 11) is -3.55. The van der Waals surface area contributed by atoms with E-state index >= 15 is 0 Å². The van der Waals surface area contributed by atoms with E-state index in [2.05, 4.69) is 20.7 Å². The fourth-order valence-electron chi connectivity index (χ4n) is 2.16. The van der Waals surface area contributed by atoms with Crippen LogP contribution in [-0.2, 0) is 26.0 Å². The minimum atomic E-state index is -3.55. The van der Waals surface area contributed by atoms with E-state index in [-0.39, 0.29) is 18.0 Å². The van der Waals surface area contributed by atoms with Crippen LogP contribution in [0.1, 0.15) is 12.5 Å². The first kappa shape index (κ1) is 20.4. The smallest absolute Gasteiger partial charge is 0.344 e. The molecule has 6 nitrogen and oxygen atoms in total. The zero-order chi connectivity index (χ0) is 19.0. The third-order valence-electron chi connectivity index (χ3n) is 3.39. The summed E-state index contributed by atoms with van der Waals surface area (Å²) in [5.41, 5.74) is 0.893. The normalized spacial score (nSPS) is 11.2. The summed E-state index contributed by atoms with van der Waals surface area (Å²) >= 11 is 3.28. The lowest BCUT2D eigenvalue weighted by atomic mass is 10.1. The fourth-order valence-corrected chi connectivity index (χ4v) is 3.46. The second-order valence-corrected chi connectivity index (χ2v) is 8.03. The highest BCUT2D eigenvalue weighted by molar-refractivity contribution is 9.10. The summed E-state index contributed by atoms with van der Waals surface area (Å²) < 4.78 is 38.0. The van der Waals surface area contributed by atoms with Gasteiger partial charge in [0.05, 0.1) is 11.5 Å². The van der Waals surface area contributed by atoms with E-state index in [1.807, 2.05) is 6.07 Å². The molecule has 0 saturated carbocycles. The number of carbonyl (C=O) groups excluding carboxylic acids is 1. The van der Waals surface area contributed by atoms with Gasteiger partial charge in [0.2, 0.25) is 10.0 Å². The molecule has 0 unspecified atom stereocenters. The van der Waals surface area contributed by atoms with Gasteiger partial charge in [-0.25, -0.2) is 17.9 Å². The summed E-state index contributed by atoms with van der Waals surface area (Å²) in [5, 5.41) is 0. The molecule has 0 aliphatic carbocycles. The number of hydrogen-bond acceptors (Lipinski definition) is 5. The Bertz CT molecular complexity index is 837. The highest BCUT2D eigenvalue weighted by Crippen LogP contribution is 2.16. The van der Waals surface area contributed by atoms with Crippen molar-refractivity contribution >= 4 is 31.9 Å². The van der Waals surface area contributed by atoms with Gasteiger partial charge in [0.15, 0.2) is 6.61 Å². The minimum absolute atomic E-state index is 0.159. The summed E-state index contributed by atoms with van der Waals surface area (Å²) in [5.74, 6) is 0.103. The molecular formula is C18H20BrNO5S. The largest absolute Gasteiger partial charge is 0.482 e. The van der Waals surface area contributed by atoms with Gasteiger partial charge in [-0.3, -0.25) is 0 Å². The average Bonchev–Trinajstić information content (AvgIpc) is 2.61. The molecule has 2 aromatic carbocycles. The first-order chi connectivity index (χ1) is 12.4. The molecule has 0 radical (unpaired) electrons. The van der Waals surface area contributed by atoms with Crippen LogP contribution in [-0.4, -0.2) is 34.1 Å². The molecule has 8 heteroatoms. The van der Waals surface area contributed by atoms with E-state index in [0.717, 1.165) is 10.0 Å². The van der Waals surface area contributed by atoms with Crippen molar-refractivity contribution in [3.63, 3.8) is 0 Å². The molecule has 26 heavy (non-hydrogen) atoms. The zero-order valence-corrected chi connectivity index (χ0v) is 16.7. The third-order valence-corrected chi connectivity index (χ3v) is 5.40. The quantitative estimate of drug-likeness (QED) is 0.604. The average molecular weight is 442 g/mol. The number of halogens is 1. The van der Waals surface area contributed by atoms with Crippen molar-refractivity contribution in [2.45, 2.75) is 18.2 Å². The predicted octanol–water partition coefficient (Wildman–Crippen LogP) is 2.91. The predicted molar refractivity (Wildman–Crippen MR) is 102 cm³/mol. The molecule has 140 valence electrons. The van der Waals surface area contributed by atoms with Crippen LogP contribution in [0.5, 0.6) is 5.75 Å². The van der Waals surface area contributed by atoms with E-state index in [9.17, 15) is 13.2 Å². The Morgan fingerprint density at radius 2 is 1.88 bits per heavy atom. The van der Waals surface area contributed by atoms with Crippen LogP contribution >= 0.6 is 15.9 Å². The molecule has 0 saturated heterocycles. The van der Waals surface area contributed by atoms with Gasteiger partial charge < -0.3 is 9.47 Å². The monoisotopic (exact) mass is 441 g/mol. The molecule has 0 bridgehead atoms. The SMILES string of the molecule is CCOC(=O)COc1cccc(CCNS(=O)(=O)c2ccc(Br)cc2)c1. The van der Waals surface area contributed by atoms with Crippen molar-refractivity contribution < 1.29 is 22.7 Å². The Balaban J connectivity index is 1.88. The first-order valence-corrected chi connectivity index (χ1v) is 10.3. The van der Waals surface area contributed by atoms with Gasteiger partial charge in [-0.15, -0.1) is 0 Å². The minimum Gasteiger partial charge on any atom is -0.482 e. The molecule has 0 atom stereocenters. The molecule has 0 amide bonds. The maximum absolute atomic E-state index is 12.2. The third kappa shape index (κ3) is 6.44. The Morgan fingerprint density at radius 3 is 2.58 bits per heavy atom. The van der Waals surface area contributed by atoms with E-state index in [0.29, 0.717) is 18.8 Å². The lowest BCUT2D eigenvalue weighted by Crippen LogP contribution is -2.26. The van der Waals surface area contributed by atoms with Crippen LogP contribution in [0.4, 0.5) is 0 Å². The summed E-state index contributed by atoms with van der Waals surface area (Å²) in [6.45, 7) is 2.13. The molecule has 0 fully saturated rings. The Morgan fingerprint density at radius 1 is 1.15 bits per heavy atom. The molecule has 0 aliphatic rings. The van der Waals surface area contributed by atoms with E-state index in [1.54, 1.807) is 37.3 Å². The van der Waals surface area contributed by atoms with Gasteiger partial charge in [-0.05, 0) is 55.3 Å². The number of rotatable bonds is 9. The van der Waals surface area contributed by atoms with Gasteiger partial charge in [-0.2, -0.15) is 0 Å². The molecule has 0 spiro atoms. The van der Waals surface area contributed by atoms with E-state index < -0.39 is 16.0 Å². The van der Waals surface area contributed by atoms with Crippen LogP contribution in [0, 0.1) is 0 Å². The number of nitrogens with one attached hydrogen (secondary N) is 1. The molecular weight excluding hydrogens is 422 g/mol. The van der Waals surface area contributed by atoms with Crippen LogP contribution < -0.4 is 9.46 Å². The summed E-state index contributed by atoms with van der Waals surface area (Å²) in [6.07, 6.45) is 0.492. The maximum atomic E-state index is 12.2. The topological polar surface area (TPSA) is 81.7 Å². The lowest BCUT2D eigenvalue weighted by Gasteiger charge is -2.09. The molecule has 0 aliphatic heterocycles. The van der Waals surface area contributed by atoms with Gasteiger partial charge in [-0.1, -0.05) is 28.1 Å². The van der Waals surface area contributed by atoms with Gasteiger partial charge in [0.25, 0.3) is 0 Å². The van der Waals surface area contributed by atoms with Crippen molar-refractivity contribution in [3.8, 4) is 5.75 Å². The Kier molecular flexibility index (Phi) is 7.62. The molecule has 2 rings (SSSR count). The van der Waals surface area contributed by atoms with Crippen molar-refractivity contribution in [1.82, 2.24) is 4.72 Å². The Hall–Kier alpha value is -1.90.